The summed E-state index contributed by atoms with van der Waals surface area (Å²) < 4.78 is 5.23. The Morgan fingerprint density at radius 1 is 1.05 bits per heavy atom. The van der Waals surface area contributed by atoms with Crippen LogP contribution in [0.5, 0.6) is 5.75 Å². The van der Waals surface area contributed by atoms with Crippen molar-refractivity contribution in [1.29, 1.82) is 0 Å². The second kappa shape index (κ2) is 8.71. The predicted octanol–water partition coefficient (Wildman–Crippen LogP) is 5.48. The summed E-state index contributed by atoms with van der Waals surface area (Å²) in [7, 11) is 0. The topological polar surface area (TPSA) is 26.3 Å². The molecular weight excluding hydrogens is 307 g/mol. The first-order valence-corrected chi connectivity index (χ1v) is 7.51. The lowest BCUT2D eigenvalue weighted by molar-refractivity contribution is -0.133. The molecule has 0 heterocycles. The zero-order valence-corrected chi connectivity index (χ0v) is 13.8. The highest BCUT2D eigenvalue weighted by Crippen LogP contribution is 2.19. The Hall–Kier alpha value is -1.51. The van der Waals surface area contributed by atoms with Crippen molar-refractivity contribution in [3.05, 3.63) is 63.6 Å². The first-order valence-electron chi connectivity index (χ1n) is 6.76. The van der Waals surface area contributed by atoms with Gasteiger partial charge >= 0.3 is 5.97 Å². The molecule has 0 unspecified atom stereocenters. The van der Waals surface area contributed by atoms with E-state index in [1.165, 1.54) is 0 Å². The van der Waals surface area contributed by atoms with E-state index in [9.17, 15) is 4.79 Å². The molecule has 0 N–H and O–H groups in total. The molecule has 2 aromatic rings. The van der Waals surface area contributed by atoms with Gasteiger partial charge in [0.1, 0.15) is 5.75 Å². The van der Waals surface area contributed by atoms with Crippen molar-refractivity contribution in [2.45, 2.75) is 27.2 Å². The third-order valence-electron chi connectivity index (χ3n) is 2.67. The van der Waals surface area contributed by atoms with Crippen LogP contribution in [0.15, 0.2) is 42.5 Å². The van der Waals surface area contributed by atoms with Gasteiger partial charge in [-0.1, -0.05) is 49.2 Å². The van der Waals surface area contributed by atoms with Crippen LogP contribution in [-0.4, -0.2) is 5.97 Å². The SMILES string of the molecule is CC.Cc1ccc(Cl)cc1CC(=O)Oc1cccc(Cl)c1. The van der Waals surface area contributed by atoms with Gasteiger partial charge in [-0.2, -0.15) is 0 Å². The summed E-state index contributed by atoms with van der Waals surface area (Å²) in [6.45, 7) is 5.93. The molecule has 0 bridgehead atoms. The maximum atomic E-state index is 11.8. The van der Waals surface area contributed by atoms with Crippen LogP contribution in [-0.2, 0) is 11.2 Å². The van der Waals surface area contributed by atoms with Gasteiger partial charge in [0.05, 0.1) is 6.42 Å². The Labute approximate surface area is 135 Å². The first kappa shape index (κ1) is 17.5. The van der Waals surface area contributed by atoms with Crippen molar-refractivity contribution < 1.29 is 9.53 Å². The first-order chi connectivity index (χ1) is 10.0. The summed E-state index contributed by atoms with van der Waals surface area (Å²) in [6, 6.07) is 12.2. The Balaban J connectivity index is 0.00000106. The molecule has 0 spiro atoms. The van der Waals surface area contributed by atoms with Crippen LogP contribution in [0.4, 0.5) is 0 Å². The number of ether oxygens (including phenoxy) is 1. The number of esters is 1. The largest absolute Gasteiger partial charge is 0.426 e. The molecule has 112 valence electrons. The van der Waals surface area contributed by atoms with Crippen molar-refractivity contribution in [1.82, 2.24) is 0 Å². The molecule has 0 amide bonds. The maximum absolute atomic E-state index is 11.8. The van der Waals surface area contributed by atoms with Gasteiger partial charge < -0.3 is 4.74 Å². The quantitative estimate of drug-likeness (QED) is 0.552. The van der Waals surface area contributed by atoms with Gasteiger partial charge in [0.15, 0.2) is 0 Å². The van der Waals surface area contributed by atoms with E-state index in [-0.39, 0.29) is 12.4 Å². The van der Waals surface area contributed by atoms with Crippen LogP contribution in [0, 0.1) is 6.92 Å². The molecule has 4 heteroatoms. The molecule has 0 saturated carbocycles. The van der Waals surface area contributed by atoms with Gasteiger partial charge in [0.25, 0.3) is 0 Å². The van der Waals surface area contributed by atoms with E-state index in [4.69, 9.17) is 27.9 Å². The van der Waals surface area contributed by atoms with Crippen LogP contribution in [0.25, 0.3) is 0 Å². The van der Waals surface area contributed by atoms with Crippen molar-refractivity contribution >= 4 is 29.2 Å². The highest BCUT2D eigenvalue weighted by molar-refractivity contribution is 6.31. The minimum absolute atomic E-state index is 0.179. The third kappa shape index (κ3) is 5.78. The van der Waals surface area contributed by atoms with E-state index in [2.05, 4.69) is 0 Å². The Morgan fingerprint density at radius 3 is 2.38 bits per heavy atom. The fraction of sp³-hybridized carbons (Fsp3) is 0.235. The molecule has 0 aliphatic carbocycles. The second-order valence-corrected chi connectivity index (χ2v) is 5.05. The number of aryl methyl sites for hydroxylation is 1. The second-order valence-electron chi connectivity index (χ2n) is 4.18. The van der Waals surface area contributed by atoms with Gasteiger partial charge in [-0.3, -0.25) is 4.79 Å². The Kier molecular flexibility index (Phi) is 7.27. The molecule has 0 aliphatic heterocycles. The average Bonchev–Trinajstić information content (AvgIpc) is 2.45. The van der Waals surface area contributed by atoms with Crippen LogP contribution in [0.3, 0.4) is 0 Å². The molecule has 0 radical (unpaired) electrons. The van der Waals surface area contributed by atoms with Gasteiger partial charge in [-0.05, 0) is 48.4 Å². The molecule has 0 fully saturated rings. The molecular formula is C17H18Cl2O2. The van der Waals surface area contributed by atoms with Crippen LogP contribution < -0.4 is 4.74 Å². The van der Waals surface area contributed by atoms with E-state index in [1.807, 2.05) is 26.8 Å². The van der Waals surface area contributed by atoms with Crippen molar-refractivity contribution in [3.63, 3.8) is 0 Å². The number of halogens is 2. The fourth-order valence-electron chi connectivity index (χ4n) is 1.68. The highest BCUT2D eigenvalue weighted by atomic mass is 35.5. The molecule has 0 atom stereocenters. The number of hydrogen-bond acceptors (Lipinski definition) is 2. The predicted molar refractivity (Wildman–Crippen MR) is 88.3 cm³/mol. The van der Waals surface area contributed by atoms with Gasteiger partial charge in [-0.15, -0.1) is 0 Å². The van der Waals surface area contributed by atoms with Gasteiger partial charge in [0.2, 0.25) is 0 Å². The number of hydrogen-bond donors (Lipinski definition) is 0. The van der Waals surface area contributed by atoms with Crippen molar-refractivity contribution in [2.75, 3.05) is 0 Å². The fourth-order valence-corrected chi connectivity index (χ4v) is 2.06. The van der Waals surface area contributed by atoms with Crippen molar-refractivity contribution in [3.8, 4) is 5.75 Å². The molecule has 2 aromatic carbocycles. The molecule has 0 aliphatic rings. The lowest BCUT2D eigenvalue weighted by Crippen LogP contribution is -2.12. The smallest absolute Gasteiger partial charge is 0.315 e. The zero-order valence-electron chi connectivity index (χ0n) is 12.3. The number of rotatable bonds is 3. The van der Waals surface area contributed by atoms with E-state index in [0.29, 0.717) is 15.8 Å². The summed E-state index contributed by atoms with van der Waals surface area (Å²) in [6.07, 6.45) is 0.179. The lowest BCUT2D eigenvalue weighted by atomic mass is 10.1. The summed E-state index contributed by atoms with van der Waals surface area (Å²) in [5.74, 6) is 0.102. The van der Waals surface area contributed by atoms with E-state index in [0.717, 1.165) is 11.1 Å². The maximum Gasteiger partial charge on any atom is 0.315 e. The molecule has 0 saturated heterocycles. The summed E-state index contributed by atoms with van der Waals surface area (Å²) in [5, 5.41) is 1.14. The molecule has 2 nitrogen and oxygen atoms in total. The number of carbonyl (C=O) groups excluding carboxylic acids is 1. The van der Waals surface area contributed by atoms with Crippen LogP contribution in [0.2, 0.25) is 10.0 Å². The van der Waals surface area contributed by atoms with Crippen LogP contribution in [0.1, 0.15) is 25.0 Å². The molecule has 2 rings (SSSR count). The van der Waals surface area contributed by atoms with Gasteiger partial charge in [0, 0.05) is 10.0 Å². The average molecular weight is 325 g/mol. The minimum Gasteiger partial charge on any atom is -0.426 e. The van der Waals surface area contributed by atoms with Gasteiger partial charge in [-0.25, -0.2) is 0 Å². The number of benzene rings is 2. The van der Waals surface area contributed by atoms with E-state index in [1.54, 1.807) is 36.4 Å². The Morgan fingerprint density at radius 2 is 1.71 bits per heavy atom. The van der Waals surface area contributed by atoms with E-state index < -0.39 is 0 Å². The normalized spacial score (nSPS) is 9.57. The monoisotopic (exact) mass is 324 g/mol. The van der Waals surface area contributed by atoms with Crippen molar-refractivity contribution in [2.24, 2.45) is 0 Å². The standard InChI is InChI=1S/C15H12Cl2O2.C2H6/c1-10-5-6-13(17)7-11(10)8-15(18)19-14-4-2-3-12(16)9-14;1-2/h2-7,9H,8H2,1H3;1-2H3. The van der Waals surface area contributed by atoms with Crippen LogP contribution >= 0.6 is 23.2 Å². The summed E-state index contributed by atoms with van der Waals surface area (Å²) >= 11 is 11.7. The lowest BCUT2D eigenvalue weighted by Gasteiger charge is -2.07. The number of carbonyl (C=O) groups is 1. The molecule has 0 aromatic heterocycles. The summed E-state index contributed by atoms with van der Waals surface area (Å²) in [4.78, 5) is 11.8. The molecule has 21 heavy (non-hydrogen) atoms. The minimum atomic E-state index is -0.340. The zero-order chi connectivity index (χ0) is 15.8. The summed E-state index contributed by atoms with van der Waals surface area (Å²) in [5.41, 5.74) is 1.87. The van der Waals surface area contributed by atoms with E-state index >= 15 is 0 Å². The Bertz CT molecular complexity index is 609. The third-order valence-corrected chi connectivity index (χ3v) is 3.14. The highest BCUT2D eigenvalue weighted by Gasteiger charge is 2.09.